The lowest BCUT2D eigenvalue weighted by molar-refractivity contribution is -0.00753. The van der Waals surface area contributed by atoms with Gasteiger partial charge in [0.15, 0.2) is 0 Å². The Morgan fingerprint density at radius 1 is 1.21 bits per heavy atom. The van der Waals surface area contributed by atoms with E-state index in [0.29, 0.717) is 5.41 Å². The van der Waals surface area contributed by atoms with E-state index in [4.69, 9.17) is 0 Å². The molecule has 112 valence electrons. The van der Waals surface area contributed by atoms with Gasteiger partial charge in [-0.05, 0) is 31.1 Å². The smallest absolute Gasteiger partial charge is 0.0221 e. The van der Waals surface area contributed by atoms with Crippen molar-refractivity contribution in [3.05, 3.63) is 0 Å². The summed E-state index contributed by atoms with van der Waals surface area (Å²) in [6.45, 7) is 12.1. The second kappa shape index (κ2) is 6.58. The van der Waals surface area contributed by atoms with Gasteiger partial charge in [-0.3, -0.25) is 4.90 Å². The number of hydrogen-bond acceptors (Lipinski definition) is 2. The summed E-state index contributed by atoms with van der Waals surface area (Å²) in [4.78, 5) is 2.88. The highest BCUT2D eigenvalue weighted by Crippen LogP contribution is 2.40. The monoisotopic (exact) mass is 266 g/mol. The van der Waals surface area contributed by atoms with Crippen molar-refractivity contribution in [2.24, 2.45) is 5.41 Å². The van der Waals surface area contributed by atoms with Crippen molar-refractivity contribution in [1.29, 1.82) is 0 Å². The van der Waals surface area contributed by atoms with Gasteiger partial charge >= 0.3 is 0 Å². The quantitative estimate of drug-likeness (QED) is 0.832. The average molecular weight is 266 g/mol. The van der Waals surface area contributed by atoms with Gasteiger partial charge in [-0.2, -0.15) is 0 Å². The maximum atomic E-state index is 3.78. The second-order valence-corrected chi connectivity index (χ2v) is 7.40. The molecule has 1 N–H and O–H groups in total. The summed E-state index contributed by atoms with van der Waals surface area (Å²) in [7, 11) is 0. The summed E-state index contributed by atoms with van der Waals surface area (Å²) in [5.41, 5.74) is 0.514. The van der Waals surface area contributed by atoms with E-state index in [1.807, 2.05) is 0 Å². The molecular formula is C17H34N2. The first-order valence-corrected chi connectivity index (χ1v) is 8.57. The van der Waals surface area contributed by atoms with E-state index in [2.05, 4.69) is 37.9 Å². The largest absolute Gasteiger partial charge is 0.311 e. The normalized spacial score (nSPS) is 36.3. The highest BCUT2D eigenvalue weighted by Gasteiger charge is 2.40. The molecule has 1 saturated carbocycles. The number of rotatable bonds is 4. The van der Waals surface area contributed by atoms with Crippen LogP contribution in [0.15, 0.2) is 0 Å². The summed E-state index contributed by atoms with van der Waals surface area (Å²) >= 11 is 0. The lowest BCUT2D eigenvalue weighted by Gasteiger charge is -2.51. The topological polar surface area (TPSA) is 15.3 Å². The van der Waals surface area contributed by atoms with Crippen molar-refractivity contribution in [3.8, 4) is 0 Å². The first-order chi connectivity index (χ1) is 9.08. The molecule has 1 aliphatic carbocycles. The fourth-order valence-corrected chi connectivity index (χ4v) is 4.28. The van der Waals surface area contributed by atoms with Crippen LogP contribution in [-0.4, -0.2) is 36.1 Å². The first kappa shape index (κ1) is 15.3. The van der Waals surface area contributed by atoms with Gasteiger partial charge in [0.05, 0.1) is 0 Å². The molecule has 0 aromatic heterocycles. The van der Waals surface area contributed by atoms with Crippen LogP contribution in [0.1, 0.15) is 72.6 Å². The van der Waals surface area contributed by atoms with E-state index in [0.717, 1.165) is 18.1 Å². The molecule has 2 nitrogen and oxygen atoms in total. The number of piperazine rings is 1. The molecule has 1 heterocycles. The van der Waals surface area contributed by atoms with Crippen LogP contribution in [0, 0.1) is 5.41 Å². The van der Waals surface area contributed by atoms with Gasteiger partial charge in [0.25, 0.3) is 0 Å². The van der Waals surface area contributed by atoms with Crippen LogP contribution in [0.4, 0.5) is 0 Å². The molecule has 3 atom stereocenters. The lowest BCUT2D eigenvalue weighted by atomic mass is 9.71. The maximum Gasteiger partial charge on any atom is 0.0221 e. The van der Waals surface area contributed by atoms with Crippen LogP contribution in [0.3, 0.4) is 0 Å². The fraction of sp³-hybridized carbons (Fsp3) is 1.00. The minimum absolute atomic E-state index is 0.514. The zero-order chi connectivity index (χ0) is 13.9. The summed E-state index contributed by atoms with van der Waals surface area (Å²) in [5.74, 6) is 0. The number of nitrogens with zero attached hydrogens (tertiary/aromatic N) is 1. The molecule has 0 aromatic rings. The lowest BCUT2D eigenvalue weighted by Crippen LogP contribution is -2.62. The molecule has 0 spiro atoms. The van der Waals surface area contributed by atoms with Crippen molar-refractivity contribution in [3.63, 3.8) is 0 Å². The van der Waals surface area contributed by atoms with Gasteiger partial charge in [-0.25, -0.2) is 0 Å². The molecule has 0 radical (unpaired) electrons. The van der Waals surface area contributed by atoms with Crippen LogP contribution in [0.2, 0.25) is 0 Å². The van der Waals surface area contributed by atoms with Gasteiger partial charge in [0, 0.05) is 31.2 Å². The molecule has 1 saturated heterocycles. The van der Waals surface area contributed by atoms with Crippen LogP contribution in [0.5, 0.6) is 0 Å². The summed E-state index contributed by atoms with van der Waals surface area (Å²) in [6, 6.07) is 2.30. The van der Waals surface area contributed by atoms with Gasteiger partial charge < -0.3 is 5.32 Å². The molecule has 2 heteroatoms. The van der Waals surface area contributed by atoms with E-state index in [1.165, 1.54) is 58.0 Å². The predicted octanol–water partition coefficient (Wildman–Crippen LogP) is 3.81. The van der Waals surface area contributed by atoms with Crippen LogP contribution in [0.25, 0.3) is 0 Å². The highest BCUT2D eigenvalue weighted by atomic mass is 15.3. The van der Waals surface area contributed by atoms with Crippen LogP contribution in [-0.2, 0) is 0 Å². The molecule has 0 bridgehead atoms. The minimum atomic E-state index is 0.514. The molecule has 0 amide bonds. The van der Waals surface area contributed by atoms with E-state index in [1.54, 1.807) is 0 Å². The van der Waals surface area contributed by atoms with E-state index in [-0.39, 0.29) is 0 Å². The predicted molar refractivity (Wildman–Crippen MR) is 83.5 cm³/mol. The van der Waals surface area contributed by atoms with E-state index < -0.39 is 0 Å². The molecule has 2 rings (SSSR count). The molecule has 2 aliphatic rings. The average Bonchev–Trinajstić information content (AvgIpc) is 2.38. The summed E-state index contributed by atoms with van der Waals surface area (Å²) in [6.07, 6.45) is 9.63. The minimum Gasteiger partial charge on any atom is -0.311 e. The van der Waals surface area contributed by atoms with E-state index in [9.17, 15) is 0 Å². The molecule has 2 fully saturated rings. The Bertz CT molecular complexity index is 274. The Balaban J connectivity index is 2.08. The van der Waals surface area contributed by atoms with Crippen molar-refractivity contribution in [1.82, 2.24) is 10.2 Å². The third kappa shape index (κ3) is 3.52. The maximum absolute atomic E-state index is 3.78. The van der Waals surface area contributed by atoms with Crippen LogP contribution < -0.4 is 5.32 Å². The van der Waals surface area contributed by atoms with Crippen molar-refractivity contribution >= 4 is 0 Å². The zero-order valence-corrected chi connectivity index (χ0v) is 13.5. The SMILES string of the molecule is CCCC1CN(C2CCCCC2(C)C)C(CC)CN1. The van der Waals surface area contributed by atoms with Gasteiger partial charge in [0.1, 0.15) is 0 Å². The highest BCUT2D eigenvalue weighted by molar-refractivity contribution is 4.96. The van der Waals surface area contributed by atoms with E-state index >= 15 is 0 Å². The van der Waals surface area contributed by atoms with Crippen LogP contribution >= 0.6 is 0 Å². The Hall–Kier alpha value is -0.0800. The molecule has 0 aromatic carbocycles. The van der Waals surface area contributed by atoms with Crippen molar-refractivity contribution < 1.29 is 0 Å². The third-order valence-corrected chi connectivity index (χ3v) is 5.50. The van der Waals surface area contributed by atoms with Gasteiger partial charge in [-0.1, -0.05) is 47.0 Å². The van der Waals surface area contributed by atoms with Crippen molar-refractivity contribution in [2.45, 2.75) is 90.8 Å². The molecule has 3 unspecified atom stereocenters. The Labute approximate surface area is 120 Å². The standard InChI is InChI=1S/C17H34N2/c1-5-9-14-13-19(15(6-2)12-18-14)16-10-7-8-11-17(16,3)4/h14-16,18H,5-13H2,1-4H3. The zero-order valence-electron chi connectivity index (χ0n) is 13.5. The Kier molecular flexibility index (Phi) is 5.30. The fourth-order valence-electron chi connectivity index (χ4n) is 4.28. The first-order valence-electron chi connectivity index (χ1n) is 8.57. The van der Waals surface area contributed by atoms with Crippen molar-refractivity contribution in [2.75, 3.05) is 13.1 Å². The molecule has 19 heavy (non-hydrogen) atoms. The molecular weight excluding hydrogens is 232 g/mol. The Morgan fingerprint density at radius 3 is 2.63 bits per heavy atom. The van der Waals surface area contributed by atoms with Gasteiger partial charge in [-0.15, -0.1) is 0 Å². The van der Waals surface area contributed by atoms with Gasteiger partial charge in [0.2, 0.25) is 0 Å². The Morgan fingerprint density at radius 2 is 2.00 bits per heavy atom. The summed E-state index contributed by atoms with van der Waals surface area (Å²) < 4.78 is 0. The summed E-state index contributed by atoms with van der Waals surface area (Å²) in [5, 5.41) is 3.78. The third-order valence-electron chi connectivity index (χ3n) is 5.50. The number of nitrogens with one attached hydrogen (secondary N) is 1. The molecule has 1 aliphatic heterocycles. The number of hydrogen-bond donors (Lipinski definition) is 1. The second-order valence-electron chi connectivity index (χ2n) is 7.40.